The van der Waals surface area contributed by atoms with Crippen molar-refractivity contribution in [2.45, 2.75) is 6.10 Å². The Labute approximate surface area is 105 Å². The van der Waals surface area contributed by atoms with E-state index in [0.29, 0.717) is 11.3 Å². The number of methoxy groups -OCH3 is 1. The molecule has 0 radical (unpaired) electrons. The molecule has 90 valence electrons. The Morgan fingerprint density at radius 1 is 1.06 bits per heavy atom. The number of fused-ring (bicyclic) bond motifs is 1. The van der Waals surface area contributed by atoms with Crippen LogP contribution >= 0.6 is 0 Å². The predicted octanol–water partition coefficient (Wildman–Crippen LogP) is 2.96. The summed E-state index contributed by atoms with van der Waals surface area (Å²) in [5, 5.41) is 0. The Kier molecular flexibility index (Phi) is 2.52. The van der Waals surface area contributed by atoms with Crippen LogP contribution in [0.3, 0.4) is 0 Å². The third-order valence-corrected chi connectivity index (χ3v) is 3.10. The molecular weight excluding hydrogens is 228 g/mol. The van der Waals surface area contributed by atoms with Crippen molar-refractivity contribution in [2.75, 3.05) is 7.11 Å². The first kappa shape index (κ1) is 10.8. The molecule has 0 amide bonds. The summed E-state index contributed by atoms with van der Waals surface area (Å²) in [5.74, 6) is 0.393. The van der Waals surface area contributed by atoms with E-state index in [1.165, 1.54) is 0 Å². The van der Waals surface area contributed by atoms with E-state index in [4.69, 9.17) is 9.47 Å². The molecule has 3 nitrogen and oxygen atoms in total. The molecule has 18 heavy (non-hydrogen) atoms. The monoisotopic (exact) mass is 240 g/mol. The lowest BCUT2D eigenvalue weighted by molar-refractivity contribution is 0.0454. The van der Waals surface area contributed by atoms with Gasteiger partial charge in [-0.05, 0) is 17.7 Å². The van der Waals surface area contributed by atoms with Crippen LogP contribution in [0, 0.1) is 0 Å². The zero-order valence-electron chi connectivity index (χ0n) is 9.92. The molecule has 0 saturated carbocycles. The van der Waals surface area contributed by atoms with Gasteiger partial charge < -0.3 is 9.47 Å². The highest BCUT2D eigenvalue weighted by Crippen LogP contribution is 2.41. The van der Waals surface area contributed by atoms with Crippen LogP contribution in [-0.4, -0.2) is 13.1 Å². The third kappa shape index (κ3) is 1.56. The van der Waals surface area contributed by atoms with E-state index in [9.17, 15) is 4.79 Å². The van der Waals surface area contributed by atoms with Gasteiger partial charge in [0, 0.05) is 0 Å². The van der Waals surface area contributed by atoms with E-state index in [-0.39, 0.29) is 12.1 Å². The van der Waals surface area contributed by atoms with E-state index >= 15 is 0 Å². The summed E-state index contributed by atoms with van der Waals surface area (Å²) in [6.07, 6.45) is -0.371. The molecule has 1 heterocycles. The minimum Gasteiger partial charge on any atom is -0.496 e. The zero-order chi connectivity index (χ0) is 12.5. The van der Waals surface area contributed by atoms with E-state index < -0.39 is 0 Å². The summed E-state index contributed by atoms with van der Waals surface area (Å²) in [6.45, 7) is 0. The Bertz CT molecular complexity index is 590. The van der Waals surface area contributed by atoms with Crippen molar-refractivity contribution in [1.82, 2.24) is 0 Å². The Balaban J connectivity index is 2.16. The molecule has 3 heteroatoms. The average molecular weight is 240 g/mol. The van der Waals surface area contributed by atoms with Crippen molar-refractivity contribution in [2.24, 2.45) is 0 Å². The first-order valence-corrected chi connectivity index (χ1v) is 5.74. The van der Waals surface area contributed by atoms with Crippen LogP contribution in [0.15, 0.2) is 48.5 Å². The van der Waals surface area contributed by atoms with E-state index in [1.54, 1.807) is 19.2 Å². The van der Waals surface area contributed by atoms with Crippen LogP contribution < -0.4 is 4.74 Å². The fourth-order valence-electron chi connectivity index (χ4n) is 2.26. The van der Waals surface area contributed by atoms with Gasteiger partial charge in [0.1, 0.15) is 5.75 Å². The number of hydrogen-bond acceptors (Lipinski definition) is 3. The van der Waals surface area contributed by atoms with Crippen molar-refractivity contribution in [1.29, 1.82) is 0 Å². The van der Waals surface area contributed by atoms with Crippen LogP contribution in [-0.2, 0) is 4.74 Å². The molecule has 0 spiro atoms. The number of carbonyl (C=O) groups excluding carboxylic acids is 1. The number of carbonyl (C=O) groups is 1. The lowest BCUT2D eigenvalue weighted by atomic mass is 9.98. The number of ether oxygens (including phenoxy) is 2. The zero-order valence-corrected chi connectivity index (χ0v) is 9.92. The number of hydrogen-bond donors (Lipinski definition) is 0. The maximum Gasteiger partial charge on any atom is 0.339 e. The van der Waals surface area contributed by atoms with Crippen molar-refractivity contribution in [3.8, 4) is 5.75 Å². The Hall–Kier alpha value is -2.29. The molecule has 1 aliphatic heterocycles. The normalized spacial score (nSPS) is 17.2. The predicted molar refractivity (Wildman–Crippen MR) is 66.7 cm³/mol. The number of cyclic esters (lactones) is 1. The first-order valence-electron chi connectivity index (χ1n) is 5.74. The third-order valence-electron chi connectivity index (χ3n) is 3.10. The standard InChI is InChI=1S/C15H12O3/c1-17-12-9-5-8-11-13(12)14(18-15(11)16)10-6-3-2-4-7-10/h2-9,14H,1H3. The maximum atomic E-state index is 11.8. The van der Waals surface area contributed by atoms with Crippen LogP contribution in [0.25, 0.3) is 0 Å². The number of benzene rings is 2. The first-order chi connectivity index (χ1) is 8.81. The molecule has 0 aromatic heterocycles. The van der Waals surface area contributed by atoms with Gasteiger partial charge >= 0.3 is 5.97 Å². The highest BCUT2D eigenvalue weighted by atomic mass is 16.6. The quantitative estimate of drug-likeness (QED) is 0.757. The van der Waals surface area contributed by atoms with Gasteiger partial charge in [-0.15, -0.1) is 0 Å². The van der Waals surface area contributed by atoms with Crippen LogP contribution in [0.4, 0.5) is 0 Å². The van der Waals surface area contributed by atoms with Gasteiger partial charge in [0.2, 0.25) is 0 Å². The lowest BCUT2D eigenvalue weighted by Gasteiger charge is -2.13. The summed E-state index contributed by atoms with van der Waals surface area (Å²) in [4.78, 5) is 11.8. The number of rotatable bonds is 2. The van der Waals surface area contributed by atoms with Crippen molar-refractivity contribution >= 4 is 5.97 Å². The fraction of sp³-hybridized carbons (Fsp3) is 0.133. The maximum absolute atomic E-state index is 11.8. The summed E-state index contributed by atoms with van der Waals surface area (Å²) in [5.41, 5.74) is 2.36. The highest BCUT2D eigenvalue weighted by molar-refractivity contribution is 5.95. The van der Waals surface area contributed by atoms with Crippen LogP contribution in [0.2, 0.25) is 0 Å². The molecule has 1 atom stereocenters. The Morgan fingerprint density at radius 2 is 1.83 bits per heavy atom. The second-order valence-corrected chi connectivity index (χ2v) is 4.12. The van der Waals surface area contributed by atoms with Crippen molar-refractivity contribution in [3.63, 3.8) is 0 Å². The SMILES string of the molecule is COc1cccc2c1C(c1ccccc1)OC2=O. The van der Waals surface area contributed by atoms with Gasteiger partial charge in [-0.1, -0.05) is 36.4 Å². The average Bonchev–Trinajstić information content (AvgIpc) is 2.77. The summed E-state index contributed by atoms with van der Waals surface area (Å²) in [7, 11) is 1.60. The summed E-state index contributed by atoms with van der Waals surface area (Å²) >= 11 is 0. The van der Waals surface area contributed by atoms with Gasteiger partial charge in [-0.25, -0.2) is 4.79 Å². The smallest absolute Gasteiger partial charge is 0.339 e. The van der Waals surface area contributed by atoms with Gasteiger partial charge in [-0.3, -0.25) is 0 Å². The van der Waals surface area contributed by atoms with Crippen molar-refractivity contribution < 1.29 is 14.3 Å². The highest BCUT2D eigenvalue weighted by Gasteiger charge is 2.34. The molecule has 2 aromatic carbocycles. The molecule has 2 aromatic rings. The molecule has 1 aliphatic rings. The minimum absolute atomic E-state index is 0.294. The topological polar surface area (TPSA) is 35.5 Å². The Morgan fingerprint density at radius 3 is 2.56 bits per heavy atom. The van der Waals surface area contributed by atoms with Gasteiger partial charge in [0.25, 0.3) is 0 Å². The molecule has 3 rings (SSSR count). The van der Waals surface area contributed by atoms with Crippen LogP contribution in [0.1, 0.15) is 27.6 Å². The van der Waals surface area contributed by atoms with E-state index in [0.717, 1.165) is 11.1 Å². The molecule has 0 bridgehead atoms. The van der Waals surface area contributed by atoms with Gasteiger partial charge in [-0.2, -0.15) is 0 Å². The molecule has 0 aliphatic carbocycles. The molecule has 0 N–H and O–H groups in total. The van der Waals surface area contributed by atoms with E-state index in [2.05, 4.69) is 0 Å². The minimum atomic E-state index is -0.371. The lowest BCUT2D eigenvalue weighted by Crippen LogP contribution is -2.01. The van der Waals surface area contributed by atoms with Crippen LogP contribution in [0.5, 0.6) is 5.75 Å². The molecule has 0 fully saturated rings. The van der Waals surface area contributed by atoms with Crippen molar-refractivity contribution in [3.05, 3.63) is 65.2 Å². The summed E-state index contributed by atoms with van der Waals surface area (Å²) in [6, 6.07) is 15.1. The second-order valence-electron chi connectivity index (χ2n) is 4.12. The molecular formula is C15H12O3. The molecule has 1 unspecified atom stereocenters. The summed E-state index contributed by atoms with van der Waals surface area (Å²) < 4.78 is 10.8. The largest absolute Gasteiger partial charge is 0.496 e. The van der Waals surface area contributed by atoms with E-state index in [1.807, 2.05) is 36.4 Å². The second kappa shape index (κ2) is 4.18. The number of esters is 1. The molecule has 0 saturated heterocycles. The van der Waals surface area contributed by atoms with Gasteiger partial charge in [0.15, 0.2) is 6.10 Å². The fourth-order valence-corrected chi connectivity index (χ4v) is 2.26. The van der Waals surface area contributed by atoms with Gasteiger partial charge in [0.05, 0.1) is 18.2 Å².